The van der Waals surface area contributed by atoms with E-state index in [4.69, 9.17) is 4.99 Å². The predicted octanol–water partition coefficient (Wildman–Crippen LogP) is 2.29. The summed E-state index contributed by atoms with van der Waals surface area (Å²) in [7, 11) is 0. The van der Waals surface area contributed by atoms with E-state index < -0.39 is 0 Å². The molecule has 0 aliphatic carbocycles. The summed E-state index contributed by atoms with van der Waals surface area (Å²) in [6.07, 6.45) is 5.52. The van der Waals surface area contributed by atoms with Crippen LogP contribution in [0.5, 0.6) is 0 Å². The molecule has 156 valence electrons. The average Bonchev–Trinajstić information content (AvgIpc) is 3.18. The number of likely N-dealkylation sites (tertiary alicyclic amines) is 2. The number of piperidine rings is 1. The van der Waals surface area contributed by atoms with E-state index >= 15 is 0 Å². The quantitative estimate of drug-likeness (QED) is 0.352. The van der Waals surface area contributed by atoms with Crippen molar-refractivity contribution >= 4 is 35.8 Å². The zero-order valence-corrected chi connectivity index (χ0v) is 19.6. The molecule has 3 heterocycles. The van der Waals surface area contributed by atoms with Gasteiger partial charge in [-0.05, 0) is 45.1 Å². The SMILES string of the molecule is CCNC(=NC[C@H]1CCCN1CC(C)C)N1CCCC2(CNC(=O)C2)C1.I. The topological polar surface area (TPSA) is 60.0 Å². The molecular formula is C20H38IN5O. The molecule has 0 aromatic heterocycles. The first-order valence-electron chi connectivity index (χ1n) is 10.6. The molecule has 3 saturated heterocycles. The lowest BCUT2D eigenvalue weighted by molar-refractivity contribution is -0.119. The summed E-state index contributed by atoms with van der Waals surface area (Å²) < 4.78 is 0. The Labute approximate surface area is 181 Å². The zero-order valence-electron chi connectivity index (χ0n) is 17.3. The first-order valence-corrected chi connectivity index (χ1v) is 10.6. The van der Waals surface area contributed by atoms with E-state index in [0.717, 1.165) is 51.5 Å². The van der Waals surface area contributed by atoms with Crippen LogP contribution >= 0.6 is 24.0 Å². The lowest BCUT2D eigenvalue weighted by atomic mass is 9.79. The molecule has 2 atom stereocenters. The highest BCUT2D eigenvalue weighted by Gasteiger charge is 2.42. The van der Waals surface area contributed by atoms with E-state index in [1.807, 2.05) is 0 Å². The highest BCUT2D eigenvalue weighted by atomic mass is 127. The summed E-state index contributed by atoms with van der Waals surface area (Å²) in [6.45, 7) is 13.7. The number of amides is 1. The highest BCUT2D eigenvalue weighted by molar-refractivity contribution is 14.0. The fourth-order valence-corrected chi connectivity index (χ4v) is 4.86. The fourth-order valence-electron chi connectivity index (χ4n) is 4.86. The molecule has 2 N–H and O–H groups in total. The van der Waals surface area contributed by atoms with Crippen LogP contribution in [0.4, 0.5) is 0 Å². The van der Waals surface area contributed by atoms with Gasteiger partial charge in [0.1, 0.15) is 0 Å². The number of halogens is 1. The van der Waals surface area contributed by atoms with Crippen molar-refractivity contribution in [3.8, 4) is 0 Å². The van der Waals surface area contributed by atoms with Crippen molar-refractivity contribution in [2.45, 2.75) is 58.9 Å². The molecule has 1 amide bonds. The Morgan fingerprint density at radius 2 is 2.19 bits per heavy atom. The zero-order chi connectivity index (χ0) is 18.6. The van der Waals surface area contributed by atoms with E-state index in [2.05, 4.69) is 41.2 Å². The van der Waals surface area contributed by atoms with Crippen LogP contribution in [0.3, 0.4) is 0 Å². The highest BCUT2D eigenvalue weighted by Crippen LogP contribution is 2.36. The summed E-state index contributed by atoms with van der Waals surface area (Å²) >= 11 is 0. The smallest absolute Gasteiger partial charge is 0.220 e. The van der Waals surface area contributed by atoms with Crippen molar-refractivity contribution in [3.63, 3.8) is 0 Å². The Morgan fingerprint density at radius 1 is 1.37 bits per heavy atom. The molecule has 0 radical (unpaired) electrons. The monoisotopic (exact) mass is 491 g/mol. The number of aliphatic imine (C=N–C) groups is 1. The molecule has 6 nitrogen and oxygen atoms in total. The molecule has 3 fully saturated rings. The van der Waals surface area contributed by atoms with E-state index in [9.17, 15) is 4.79 Å². The second-order valence-corrected chi connectivity index (χ2v) is 8.86. The standard InChI is InChI=1S/C20H37N5O.HI/c1-4-21-19(22-12-17-7-5-9-24(17)13-16(2)3)25-10-6-8-20(15-25)11-18(26)23-14-20;/h16-17H,4-15H2,1-3H3,(H,21,22)(H,23,26);1H/t17-,20?;/m1./s1. The summed E-state index contributed by atoms with van der Waals surface area (Å²) in [4.78, 5) is 21.8. The number of guanidine groups is 1. The van der Waals surface area contributed by atoms with Crippen LogP contribution in [-0.2, 0) is 4.79 Å². The molecule has 7 heteroatoms. The molecule has 0 bridgehead atoms. The molecule has 1 spiro atoms. The molecule has 3 aliphatic heterocycles. The number of hydrogen-bond donors (Lipinski definition) is 2. The predicted molar refractivity (Wildman–Crippen MR) is 122 cm³/mol. The number of carbonyl (C=O) groups is 1. The molecule has 1 unspecified atom stereocenters. The van der Waals surface area contributed by atoms with Crippen molar-refractivity contribution < 1.29 is 4.79 Å². The number of rotatable bonds is 5. The third kappa shape index (κ3) is 5.95. The molecule has 3 rings (SSSR count). The lowest BCUT2D eigenvalue weighted by Gasteiger charge is -2.41. The van der Waals surface area contributed by atoms with Crippen LogP contribution < -0.4 is 10.6 Å². The minimum Gasteiger partial charge on any atom is -0.357 e. The lowest BCUT2D eigenvalue weighted by Crippen LogP contribution is -2.51. The minimum atomic E-state index is 0. The second-order valence-electron chi connectivity index (χ2n) is 8.86. The Kier molecular flexibility index (Phi) is 8.65. The van der Waals surface area contributed by atoms with Crippen LogP contribution in [0.15, 0.2) is 4.99 Å². The molecule has 0 saturated carbocycles. The Hall–Kier alpha value is -0.570. The van der Waals surface area contributed by atoms with Gasteiger partial charge in [-0.3, -0.25) is 14.7 Å². The summed E-state index contributed by atoms with van der Waals surface area (Å²) in [6, 6.07) is 0.583. The van der Waals surface area contributed by atoms with Crippen molar-refractivity contribution in [2.24, 2.45) is 16.3 Å². The minimum absolute atomic E-state index is 0. The largest absolute Gasteiger partial charge is 0.357 e. The van der Waals surface area contributed by atoms with Gasteiger partial charge in [0.15, 0.2) is 5.96 Å². The van der Waals surface area contributed by atoms with Crippen molar-refractivity contribution in [2.75, 3.05) is 45.8 Å². The van der Waals surface area contributed by atoms with E-state index in [1.165, 1.54) is 25.9 Å². The molecule has 0 aromatic carbocycles. The van der Waals surface area contributed by atoms with Crippen LogP contribution in [0.1, 0.15) is 52.9 Å². The summed E-state index contributed by atoms with van der Waals surface area (Å²) in [5, 5.41) is 6.54. The third-order valence-corrected chi connectivity index (χ3v) is 6.04. The first kappa shape index (κ1) is 22.7. The number of carbonyl (C=O) groups excluding carboxylic acids is 1. The first-order chi connectivity index (χ1) is 12.5. The number of hydrogen-bond acceptors (Lipinski definition) is 3. The molecule has 0 aromatic rings. The number of nitrogens with one attached hydrogen (secondary N) is 2. The Balaban J connectivity index is 0.00000261. The van der Waals surface area contributed by atoms with Gasteiger partial charge in [-0.1, -0.05) is 13.8 Å². The molecular weight excluding hydrogens is 453 g/mol. The molecule has 3 aliphatic rings. The van der Waals surface area contributed by atoms with Gasteiger partial charge in [0, 0.05) is 50.6 Å². The van der Waals surface area contributed by atoms with Crippen molar-refractivity contribution in [1.29, 1.82) is 0 Å². The normalized spacial score (nSPS) is 29.3. The van der Waals surface area contributed by atoms with E-state index in [1.54, 1.807) is 0 Å². The van der Waals surface area contributed by atoms with Crippen LogP contribution in [-0.4, -0.2) is 73.5 Å². The fraction of sp³-hybridized carbons (Fsp3) is 0.900. The Morgan fingerprint density at radius 3 is 2.85 bits per heavy atom. The van der Waals surface area contributed by atoms with Crippen LogP contribution in [0.2, 0.25) is 0 Å². The maximum atomic E-state index is 11.8. The van der Waals surface area contributed by atoms with Crippen LogP contribution in [0, 0.1) is 11.3 Å². The van der Waals surface area contributed by atoms with Gasteiger partial charge in [-0.15, -0.1) is 24.0 Å². The van der Waals surface area contributed by atoms with E-state index in [0.29, 0.717) is 18.4 Å². The maximum Gasteiger partial charge on any atom is 0.220 e. The van der Waals surface area contributed by atoms with E-state index in [-0.39, 0.29) is 35.3 Å². The maximum absolute atomic E-state index is 11.8. The van der Waals surface area contributed by atoms with Gasteiger partial charge in [0.25, 0.3) is 0 Å². The van der Waals surface area contributed by atoms with Crippen molar-refractivity contribution in [1.82, 2.24) is 20.4 Å². The summed E-state index contributed by atoms with van der Waals surface area (Å²) in [5.41, 5.74) is 0.114. The van der Waals surface area contributed by atoms with Gasteiger partial charge in [-0.25, -0.2) is 0 Å². The second kappa shape index (κ2) is 10.3. The van der Waals surface area contributed by atoms with Gasteiger partial charge in [0.05, 0.1) is 6.54 Å². The van der Waals surface area contributed by atoms with Crippen LogP contribution in [0.25, 0.3) is 0 Å². The van der Waals surface area contributed by atoms with Gasteiger partial charge in [-0.2, -0.15) is 0 Å². The molecule has 27 heavy (non-hydrogen) atoms. The summed E-state index contributed by atoms with van der Waals surface area (Å²) in [5.74, 6) is 1.97. The third-order valence-electron chi connectivity index (χ3n) is 6.04. The average molecular weight is 491 g/mol. The van der Waals surface area contributed by atoms with Gasteiger partial charge in [0.2, 0.25) is 5.91 Å². The van der Waals surface area contributed by atoms with Gasteiger partial charge >= 0.3 is 0 Å². The Bertz CT molecular complexity index is 527. The number of nitrogens with zero attached hydrogens (tertiary/aromatic N) is 3. The van der Waals surface area contributed by atoms with Gasteiger partial charge < -0.3 is 15.5 Å². The van der Waals surface area contributed by atoms with Crippen molar-refractivity contribution in [3.05, 3.63) is 0 Å².